The SMILES string of the molecule is COCCCN1C(=O)c2ccc(C(=O)OCC(=O)c3ccc(C(C)C)cc3)cc2C1=O. The van der Waals surface area contributed by atoms with Crippen molar-refractivity contribution in [1.82, 2.24) is 4.90 Å². The first kappa shape index (κ1) is 22.4. The first-order valence-corrected chi connectivity index (χ1v) is 10.1. The molecule has 0 bridgehead atoms. The third-order valence-corrected chi connectivity index (χ3v) is 5.17. The van der Waals surface area contributed by atoms with Crippen LogP contribution in [0.3, 0.4) is 0 Å². The molecule has 0 spiro atoms. The summed E-state index contributed by atoms with van der Waals surface area (Å²) in [5, 5.41) is 0. The highest BCUT2D eigenvalue weighted by Crippen LogP contribution is 2.24. The Morgan fingerprint density at radius 3 is 2.23 bits per heavy atom. The lowest BCUT2D eigenvalue weighted by molar-refractivity contribution is 0.0474. The number of carbonyl (C=O) groups excluding carboxylic acids is 4. The van der Waals surface area contributed by atoms with Crippen LogP contribution in [0.1, 0.15) is 73.2 Å². The highest BCUT2D eigenvalue weighted by molar-refractivity contribution is 6.22. The molecule has 3 rings (SSSR count). The predicted molar refractivity (Wildman–Crippen MR) is 113 cm³/mol. The number of hydrogen-bond acceptors (Lipinski definition) is 6. The van der Waals surface area contributed by atoms with Crippen LogP contribution in [0, 0.1) is 0 Å². The molecule has 2 aromatic rings. The molecule has 7 heteroatoms. The zero-order valence-corrected chi connectivity index (χ0v) is 17.8. The van der Waals surface area contributed by atoms with E-state index in [1.54, 1.807) is 19.2 Å². The van der Waals surface area contributed by atoms with Crippen LogP contribution in [0.2, 0.25) is 0 Å². The average molecular weight is 423 g/mol. The van der Waals surface area contributed by atoms with Crippen LogP contribution in [-0.4, -0.2) is 55.3 Å². The van der Waals surface area contributed by atoms with Gasteiger partial charge in [-0.25, -0.2) is 4.79 Å². The van der Waals surface area contributed by atoms with Gasteiger partial charge in [0.25, 0.3) is 11.8 Å². The highest BCUT2D eigenvalue weighted by Gasteiger charge is 2.35. The number of hydrogen-bond donors (Lipinski definition) is 0. The molecule has 2 aromatic carbocycles. The van der Waals surface area contributed by atoms with Gasteiger partial charge in [0.05, 0.1) is 16.7 Å². The summed E-state index contributed by atoms with van der Waals surface area (Å²) >= 11 is 0. The van der Waals surface area contributed by atoms with Crippen molar-refractivity contribution in [1.29, 1.82) is 0 Å². The van der Waals surface area contributed by atoms with Crippen LogP contribution >= 0.6 is 0 Å². The Balaban J connectivity index is 1.64. The summed E-state index contributed by atoms with van der Waals surface area (Å²) < 4.78 is 10.1. The van der Waals surface area contributed by atoms with E-state index in [0.717, 1.165) is 10.5 Å². The van der Waals surface area contributed by atoms with Crippen molar-refractivity contribution in [2.24, 2.45) is 0 Å². The van der Waals surface area contributed by atoms with E-state index >= 15 is 0 Å². The van der Waals surface area contributed by atoms with Crippen molar-refractivity contribution in [2.45, 2.75) is 26.2 Å². The summed E-state index contributed by atoms with van der Waals surface area (Å²) in [6.45, 7) is 4.38. The molecule has 0 saturated carbocycles. The van der Waals surface area contributed by atoms with E-state index in [-0.39, 0.29) is 29.0 Å². The van der Waals surface area contributed by atoms with E-state index in [4.69, 9.17) is 9.47 Å². The smallest absolute Gasteiger partial charge is 0.338 e. The van der Waals surface area contributed by atoms with Crippen molar-refractivity contribution < 1.29 is 28.7 Å². The van der Waals surface area contributed by atoms with Crippen molar-refractivity contribution >= 4 is 23.6 Å². The molecule has 162 valence electrons. The Morgan fingerprint density at radius 2 is 1.58 bits per heavy atom. The van der Waals surface area contributed by atoms with Gasteiger partial charge in [0.15, 0.2) is 12.4 Å². The fraction of sp³-hybridized carbons (Fsp3) is 0.333. The minimum atomic E-state index is -0.729. The number of benzene rings is 2. The second-order valence-electron chi connectivity index (χ2n) is 7.64. The van der Waals surface area contributed by atoms with E-state index in [0.29, 0.717) is 24.5 Å². The van der Waals surface area contributed by atoms with Crippen molar-refractivity contribution in [3.05, 3.63) is 70.3 Å². The average Bonchev–Trinajstić information content (AvgIpc) is 3.01. The van der Waals surface area contributed by atoms with Crippen molar-refractivity contribution in [2.75, 3.05) is 26.9 Å². The molecule has 0 aromatic heterocycles. The topological polar surface area (TPSA) is 90.0 Å². The van der Waals surface area contributed by atoms with Crippen LogP contribution in [0.25, 0.3) is 0 Å². The number of methoxy groups -OCH3 is 1. The largest absolute Gasteiger partial charge is 0.454 e. The lowest BCUT2D eigenvalue weighted by atomic mass is 10.0. The van der Waals surface area contributed by atoms with Gasteiger partial charge in [0, 0.05) is 25.8 Å². The molecule has 1 aliphatic rings. The number of imide groups is 1. The molecule has 0 radical (unpaired) electrons. The Kier molecular flexibility index (Phi) is 6.97. The number of rotatable bonds is 9. The molecule has 0 saturated heterocycles. The fourth-order valence-electron chi connectivity index (χ4n) is 3.34. The summed E-state index contributed by atoms with van der Waals surface area (Å²) in [6.07, 6.45) is 0.525. The standard InChI is InChI=1S/C24H25NO6/c1-15(2)16-5-7-17(8-6-16)21(26)14-31-24(29)18-9-10-19-20(13-18)23(28)25(22(19)27)11-4-12-30-3/h5-10,13,15H,4,11-12,14H2,1-3H3. The summed E-state index contributed by atoms with van der Waals surface area (Å²) in [6, 6.07) is 11.4. The lowest BCUT2D eigenvalue weighted by Crippen LogP contribution is -2.31. The van der Waals surface area contributed by atoms with Crippen LogP contribution < -0.4 is 0 Å². The molecule has 0 N–H and O–H groups in total. The quantitative estimate of drug-likeness (QED) is 0.265. The van der Waals surface area contributed by atoms with Gasteiger partial charge in [-0.3, -0.25) is 19.3 Å². The van der Waals surface area contributed by atoms with E-state index < -0.39 is 24.4 Å². The molecular weight excluding hydrogens is 398 g/mol. The number of nitrogens with zero attached hydrogens (tertiary/aromatic N) is 1. The summed E-state index contributed by atoms with van der Waals surface area (Å²) in [7, 11) is 1.55. The molecule has 0 unspecified atom stereocenters. The minimum absolute atomic E-state index is 0.113. The molecule has 2 amide bonds. The van der Waals surface area contributed by atoms with E-state index in [9.17, 15) is 19.2 Å². The van der Waals surface area contributed by atoms with E-state index in [2.05, 4.69) is 13.8 Å². The van der Waals surface area contributed by atoms with Crippen molar-refractivity contribution in [3.8, 4) is 0 Å². The molecular formula is C24H25NO6. The maximum atomic E-state index is 12.6. The summed E-state index contributed by atoms with van der Waals surface area (Å²) in [5.41, 5.74) is 2.09. The Labute approximate surface area is 180 Å². The van der Waals surface area contributed by atoms with Crippen LogP contribution in [0.15, 0.2) is 42.5 Å². The molecule has 0 atom stereocenters. The number of ketones is 1. The van der Waals surface area contributed by atoms with Gasteiger partial charge < -0.3 is 9.47 Å². The third kappa shape index (κ3) is 4.88. The predicted octanol–water partition coefficient (Wildman–Crippen LogP) is 3.48. The number of esters is 1. The summed E-state index contributed by atoms with van der Waals surface area (Å²) in [5.74, 6) is -1.54. The molecule has 0 aliphatic carbocycles. The molecule has 0 fully saturated rings. The lowest BCUT2D eigenvalue weighted by Gasteiger charge is -2.12. The molecule has 31 heavy (non-hydrogen) atoms. The minimum Gasteiger partial charge on any atom is -0.454 e. The first-order chi connectivity index (χ1) is 14.8. The number of ether oxygens (including phenoxy) is 2. The van der Waals surface area contributed by atoms with Gasteiger partial charge in [-0.2, -0.15) is 0 Å². The van der Waals surface area contributed by atoms with Gasteiger partial charge in [0.2, 0.25) is 0 Å². The second kappa shape index (κ2) is 9.66. The number of Topliss-reactive ketones (excluding diaryl/α,β-unsaturated/α-hetero) is 1. The fourth-order valence-corrected chi connectivity index (χ4v) is 3.34. The van der Waals surface area contributed by atoms with Gasteiger partial charge in [-0.05, 0) is 36.1 Å². The molecule has 1 heterocycles. The van der Waals surface area contributed by atoms with Crippen molar-refractivity contribution in [3.63, 3.8) is 0 Å². The monoisotopic (exact) mass is 423 g/mol. The van der Waals surface area contributed by atoms with Gasteiger partial charge in [0.1, 0.15) is 0 Å². The number of amides is 2. The highest BCUT2D eigenvalue weighted by atomic mass is 16.5. The van der Waals surface area contributed by atoms with Crippen LogP contribution in [-0.2, 0) is 9.47 Å². The van der Waals surface area contributed by atoms with Gasteiger partial charge in [-0.15, -0.1) is 0 Å². The zero-order chi connectivity index (χ0) is 22.5. The Bertz CT molecular complexity index is 1010. The zero-order valence-electron chi connectivity index (χ0n) is 17.8. The normalized spacial score (nSPS) is 13.0. The number of carbonyl (C=O) groups is 4. The molecule has 1 aliphatic heterocycles. The molecule has 7 nitrogen and oxygen atoms in total. The maximum Gasteiger partial charge on any atom is 0.338 e. The number of fused-ring (bicyclic) bond motifs is 1. The van der Waals surface area contributed by atoms with Crippen LogP contribution in [0.4, 0.5) is 0 Å². The maximum absolute atomic E-state index is 12.6. The second-order valence-corrected chi connectivity index (χ2v) is 7.64. The van der Waals surface area contributed by atoms with Gasteiger partial charge >= 0.3 is 5.97 Å². The van der Waals surface area contributed by atoms with E-state index in [1.807, 2.05) is 12.1 Å². The Hall–Kier alpha value is -3.32. The van der Waals surface area contributed by atoms with Gasteiger partial charge in [-0.1, -0.05) is 38.1 Å². The Morgan fingerprint density at radius 1 is 0.935 bits per heavy atom. The van der Waals surface area contributed by atoms with E-state index in [1.165, 1.54) is 18.2 Å². The summed E-state index contributed by atoms with van der Waals surface area (Å²) in [4.78, 5) is 50.8. The first-order valence-electron chi connectivity index (χ1n) is 10.1. The third-order valence-electron chi connectivity index (χ3n) is 5.17. The van der Waals surface area contributed by atoms with Crippen LogP contribution in [0.5, 0.6) is 0 Å².